The summed E-state index contributed by atoms with van der Waals surface area (Å²) in [5.41, 5.74) is 1.45. The van der Waals surface area contributed by atoms with Gasteiger partial charge in [0, 0.05) is 39.2 Å². The van der Waals surface area contributed by atoms with Gasteiger partial charge in [-0.25, -0.2) is 0 Å². The number of carbonyl (C=O) groups is 2. The summed E-state index contributed by atoms with van der Waals surface area (Å²) < 4.78 is 5.31. The van der Waals surface area contributed by atoms with Crippen molar-refractivity contribution < 1.29 is 14.1 Å². The second kappa shape index (κ2) is 9.15. The Morgan fingerprint density at radius 3 is 2.54 bits per heavy atom. The number of carbonyl (C=O) groups excluding carboxylic acids is 2. The lowest BCUT2D eigenvalue weighted by Crippen LogP contribution is -2.38. The fourth-order valence-electron chi connectivity index (χ4n) is 2.59. The van der Waals surface area contributed by atoms with Crippen molar-refractivity contribution in [2.45, 2.75) is 32.5 Å². The Morgan fingerprint density at radius 2 is 1.88 bits per heavy atom. The van der Waals surface area contributed by atoms with Crippen LogP contribution in [0.1, 0.15) is 35.2 Å². The summed E-state index contributed by atoms with van der Waals surface area (Å²) in [5, 5.41) is 6.44. The van der Waals surface area contributed by atoms with E-state index in [2.05, 4.69) is 27.5 Å². The molecule has 2 amide bonds. The van der Waals surface area contributed by atoms with E-state index in [0.29, 0.717) is 12.3 Å². The zero-order valence-electron chi connectivity index (χ0n) is 15.7. The van der Waals surface area contributed by atoms with Crippen molar-refractivity contribution in [3.8, 4) is 0 Å². The van der Waals surface area contributed by atoms with Gasteiger partial charge in [0.05, 0.1) is 6.54 Å². The standard InChI is InChI=1S/C19H26N4O3/c1-14(10-18(24)20-2)23(4)19(25)17-11-16(26-21-17)13-22(3)12-15-8-6-5-7-9-15/h5-9,11,14H,10,12-13H2,1-4H3,(H,20,24)/t14-/m0/s1. The summed E-state index contributed by atoms with van der Waals surface area (Å²) >= 11 is 0. The van der Waals surface area contributed by atoms with Crippen molar-refractivity contribution in [2.75, 3.05) is 21.1 Å². The van der Waals surface area contributed by atoms with Crippen molar-refractivity contribution in [1.82, 2.24) is 20.3 Å². The molecule has 2 aromatic rings. The molecule has 1 heterocycles. The smallest absolute Gasteiger partial charge is 0.276 e. The number of hydrogen-bond donors (Lipinski definition) is 1. The van der Waals surface area contributed by atoms with Gasteiger partial charge < -0.3 is 14.7 Å². The molecule has 26 heavy (non-hydrogen) atoms. The monoisotopic (exact) mass is 358 g/mol. The summed E-state index contributed by atoms with van der Waals surface area (Å²) in [7, 11) is 5.22. The largest absolute Gasteiger partial charge is 0.359 e. The van der Waals surface area contributed by atoms with E-state index < -0.39 is 0 Å². The average molecular weight is 358 g/mol. The first-order valence-corrected chi connectivity index (χ1v) is 8.56. The summed E-state index contributed by atoms with van der Waals surface area (Å²) in [5.74, 6) is 0.252. The van der Waals surface area contributed by atoms with Crippen molar-refractivity contribution in [3.63, 3.8) is 0 Å². The molecular formula is C19H26N4O3. The van der Waals surface area contributed by atoms with Crippen LogP contribution in [0.4, 0.5) is 0 Å². The van der Waals surface area contributed by atoms with Gasteiger partial charge in [0.25, 0.3) is 5.91 Å². The minimum absolute atomic E-state index is 0.111. The van der Waals surface area contributed by atoms with Gasteiger partial charge in [-0.15, -0.1) is 0 Å². The molecule has 0 saturated heterocycles. The van der Waals surface area contributed by atoms with E-state index in [-0.39, 0.29) is 30.0 Å². The van der Waals surface area contributed by atoms with Crippen molar-refractivity contribution >= 4 is 11.8 Å². The Morgan fingerprint density at radius 1 is 1.19 bits per heavy atom. The Bertz CT molecular complexity index is 729. The molecule has 0 radical (unpaired) electrons. The molecule has 0 fully saturated rings. The number of amides is 2. The van der Waals surface area contributed by atoms with Crippen LogP contribution in [0.2, 0.25) is 0 Å². The van der Waals surface area contributed by atoms with E-state index >= 15 is 0 Å². The SMILES string of the molecule is CNC(=O)C[C@H](C)N(C)C(=O)c1cc(CN(C)Cc2ccccc2)on1. The van der Waals surface area contributed by atoms with Gasteiger partial charge in [0.2, 0.25) is 5.91 Å². The lowest BCUT2D eigenvalue weighted by atomic mass is 10.2. The number of nitrogens with one attached hydrogen (secondary N) is 1. The third-order valence-corrected chi connectivity index (χ3v) is 4.24. The fraction of sp³-hybridized carbons (Fsp3) is 0.421. The maximum absolute atomic E-state index is 12.5. The normalized spacial score (nSPS) is 12.0. The van der Waals surface area contributed by atoms with E-state index in [1.165, 1.54) is 10.5 Å². The highest BCUT2D eigenvalue weighted by Crippen LogP contribution is 2.13. The zero-order valence-corrected chi connectivity index (χ0v) is 15.7. The minimum atomic E-state index is -0.262. The number of benzene rings is 1. The molecule has 7 nitrogen and oxygen atoms in total. The van der Waals surface area contributed by atoms with E-state index in [9.17, 15) is 9.59 Å². The Hall–Kier alpha value is -2.67. The molecule has 1 N–H and O–H groups in total. The Balaban J connectivity index is 1.93. The number of nitrogens with zero attached hydrogens (tertiary/aromatic N) is 3. The van der Waals surface area contributed by atoms with Crippen LogP contribution >= 0.6 is 0 Å². The van der Waals surface area contributed by atoms with E-state index in [1.807, 2.05) is 32.2 Å². The number of hydrogen-bond acceptors (Lipinski definition) is 5. The Kier molecular flexibility index (Phi) is 6.91. The highest BCUT2D eigenvalue weighted by molar-refractivity contribution is 5.92. The third kappa shape index (κ3) is 5.42. The molecule has 7 heteroatoms. The second-order valence-corrected chi connectivity index (χ2v) is 6.48. The lowest BCUT2D eigenvalue weighted by Gasteiger charge is -2.23. The van der Waals surface area contributed by atoms with Gasteiger partial charge in [0.1, 0.15) is 0 Å². The van der Waals surface area contributed by atoms with Gasteiger partial charge in [-0.05, 0) is 19.5 Å². The van der Waals surface area contributed by atoms with Crippen LogP contribution in [-0.2, 0) is 17.9 Å². The van der Waals surface area contributed by atoms with Gasteiger partial charge in [-0.1, -0.05) is 35.5 Å². The molecule has 0 unspecified atom stereocenters. The van der Waals surface area contributed by atoms with Crippen LogP contribution in [0.5, 0.6) is 0 Å². The van der Waals surface area contributed by atoms with E-state index in [1.54, 1.807) is 20.2 Å². The molecule has 0 saturated carbocycles. The quantitative estimate of drug-likeness (QED) is 0.780. The molecule has 0 bridgehead atoms. The van der Waals surface area contributed by atoms with Crippen molar-refractivity contribution in [3.05, 3.63) is 53.4 Å². The molecule has 0 aliphatic heterocycles. The van der Waals surface area contributed by atoms with Crippen LogP contribution in [0, 0.1) is 0 Å². The first-order valence-electron chi connectivity index (χ1n) is 8.56. The molecule has 140 valence electrons. The minimum Gasteiger partial charge on any atom is -0.359 e. The molecular weight excluding hydrogens is 332 g/mol. The van der Waals surface area contributed by atoms with Gasteiger partial charge in [0.15, 0.2) is 11.5 Å². The molecule has 0 aliphatic rings. The third-order valence-electron chi connectivity index (χ3n) is 4.24. The van der Waals surface area contributed by atoms with Crippen LogP contribution in [0.15, 0.2) is 40.9 Å². The highest BCUT2D eigenvalue weighted by atomic mass is 16.5. The zero-order chi connectivity index (χ0) is 19.1. The van der Waals surface area contributed by atoms with Crippen molar-refractivity contribution in [2.24, 2.45) is 0 Å². The molecule has 0 spiro atoms. The average Bonchev–Trinajstić information content (AvgIpc) is 3.09. The first kappa shape index (κ1) is 19.7. The first-order chi connectivity index (χ1) is 12.4. The lowest BCUT2D eigenvalue weighted by molar-refractivity contribution is -0.121. The summed E-state index contributed by atoms with van der Waals surface area (Å²) in [4.78, 5) is 27.6. The fourth-order valence-corrected chi connectivity index (χ4v) is 2.59. The summed E-state index contributed by atoms with van der Waals surface area (Å²) in [6, 6.07) is 11.5. The van der Waals surface area contributed by atoms with Crippen LogP contribution in [0.3, 0.4) is 0 Å². The summed E-state index contributed by atoms with van der Waals surface area (Å²) in [6.45, 7) is 3.14. The predicted octanol–water partition coefficient (Wildman–Crippen LogP) is 1.90. The molecule has 1 atom stereocenters. The molecule has 1 aromatic carbocycles. The van der Waals surface area contributed by atoms with Crippen LogP contribution in [-0.4, -0.2) is 54.0 Å². The van der Waals surface area contributed by atoms with Gasteiger partial charge >= 0.3 is 0 Å². The van der Waals surface area contributed by atoms with E-state index in [0.717, 1.165) is 6.54 Å². The summed E-state index contributed by atoms with van der Waals surface area (Å²) in [6.07, 6.45) is 0.239. The number of rotatable bonds is 8. The second-order valence-electron chi connectivity index (χ2n) is 6.48. The van der Waals surface area contributed by atoms with Gasteiger partial charge in [-0.2, -0.15) is 0 Å². The van der Waals surface area contributed by atoms with Crippen LogP contribution in [0.25, 0.3) is 0 Å². The number of aromatic nitrogens is 1. The van der Waals surface area contributed by atoms with E-state index in [4.69, 9.17) is 4.52 Å². The van der Waals surface area contributed by atoms with Crippen molar-refractivity contribution in [1.29, 1.82) is 0 Å². The Labute approximate surface area is 153 Å². The molecule has 1 aromatic heterocycles. The highest BCUT2D eigenvalue weighted by Gasteiger charge is 2.22. The maximum atomic E-state index is 12.5. The van der Waals surface area contributed by atoms with Crippen LogP contribution < -0.4 is 5.32 Å². The van der Waals surface area contributed by atoms with Gasteiger partial charge in [-0.3, -0.25) is 14.5 Å². The maximum Gasteiger partial charge on any atom is 0.276 e. The topological polar surface area (TPSA) is 78.7 Å². The molecule has 0 aliphatic carbocycles. The predicted molar refractivity (Wildman–Crippen MR) is 98.4 cm³/mol. The molecule has 2 rings (SSSR count).